The van der Waals surface area contributed by atoms with Crippen LogP contribution in [0.4, 0.5) is 0 Å². The van der Waals surface area contributed by atoms with E-state index >= 15 is 0 Å². The molecule has 3 N–H and O–H groups in total. The highest BCUT2D eigenvalue weighted by molar-refractivity contribution is 7.47. The lowest BCUT2D eigenvalue weighted by molar-refractivity contribution is -0.161. The van der Waals surface area contributed by atoms with Crippen LogP contribution >= 0.6 is 15.6 Å². The normalized spacial score (nSPS) is 14.6. The van der Waals surface area contributed by atoms with Crippen molar-refractivity contribution in [2.75, 3.05) is 39.6 Å². The molecule has 0 saturated heterocycles. The first-order valence-electron chi connectivity index (χ1n) is 41.1. The van der Waals surface area contributed by atoms with Crippen LogP contribution in [0.5, 0.6) is 0 Å². The minimum Gasteiger partial charge on any atom is -0.462 e. The molecule has 0 bridgehead atoms. The van der Waals surface area contributed by atoms with Crippen molar-refractivity contribution in [3.8, 4) is 0 Å². The SMILES string of the molecule is CC/C=C\C/C=C\C/C=C\C/C=C\C/C=C\CCCCCC(=O)OCC(COP(=O)(O)OCC(O)COP(=O)(O)OCC(COC(=O)CCCCCC/C=C\C/C=C\C/C=C\C/C=C\CC)OC(=O)CCCCCCC/C=C\C/C=C\CCCCC)OC(=O)CCCCCCC/C=C\CCCCCCCC. The molecule has 0 aromatic heterocycles. The lowest BCUT2D eigenvalue weighted by Crippen LogP contribution is -2.30. The molecule has 0 aliphatic carbocycles. The van der Waals surface area contributed by atoms with Gasteiger partial charge in [0.1, 0.15) is 19.3 Å². The van der Waals surface area contributed by atoms with Crippen molar-refractivity contribution in [3.05, 3.63) is 146 Å². The highest BCUT2D eigenvalue weighted by Gasteiger charge is 2.30. The van der Waals surface area contributed by atoms with E-state index in [1.54, 1.807) is 0 Å². The molecule has 0 spiro atoms. The largest absolute Gasteiger partial charge is 0.472 e. The van der Waals surface area contributed by atoms with Gasteiger partial charge in [0.2, 0.25) is 0 Å². The maximum absolute atomic E-state index is 13.1. The third kappa shape index (κ3) is 77.1. The fraction of sp³-hybridized carbons (Fsp3) is 0.678. The highest BCUT2D eigenvalue weighted by Crippen LogP contribution is 2.45. The second kappa shape index (κ2) is 78.1. The van der Waals surface area contributed by atoms with E-state index in [0.29, 0.717) is 25.7 Å². The molecule has 0 aliphatic heterocycles. The topological polar surface area (TPSA) is 237 Å². The number of phosphoric acid groups is 2. The molecule has 0 amide bonds. The van der Waals surface area contributed by atoms with Gasteiger partial charge in [0.25, 0.3) is 0 Å². The lowest BCUT2D eigenvalue weighted by atomic mass is 10.1. The number of carbonyl (C=O) groups excluding carboxylic acids is 4. The van der Waals surface area contributed by atoms with Crippen molar-refractivity contribution in [3.63, 3.8) is 0 Å². The third-order valence-electron chi connectivity index (χ3n) is 16.8. The predicted molar refractivity (Wildman–Crippen MR) is 436 cm³/mol. The molecule has 5 unspecified atom stereocenters. The van der Waals surface area contributed by atoms with Crippen molar-refractivity contribution in [1.29, 1.82) is 0 Å². The summed E-state index contributed by atoms with van der Waals surface area (Å²) in [5.74, 6) is -2.26. The van der Waals surface area contributed by atoms with Gasteiger partial charge >= 0.3 is 39.5 Å². The molecule has 17 nitrogen and oxygen atoms in total. The standard InChI is InChI=1S/C87H146O17P2/c1-5-9-13-17-21-25-29-33-37-39-40-42-46-48-52-56-60-64-68-72-85(90)98-78-83(104-87(92)74-70-66-62-58-54-50-44-36-32-28-24-20-16-12-8-4)80-102-106(95,96)100-76-81(88)75-99-105(93,94)101-79-82(103-86(91)73-69-65-61-57-53-49-43-35-31-27-23-19-15-11-7-3)77-97-84(89)71-67-63-59-55-51-47-45-41-38-34-30-26-22-18-14-10-6-2/h9-10,13-14,21-23,25-27,33-38,40,42-45,47-48,52,81-83,88H,5-8,11-12,15-20,24,28-32,39,41,46,49-51,53-80H2,1-4H3,(H,93,94)(H,95,96)/b13-9-,14-10-,25-21-,26-22-,27-23-,37-33-,38-34-,42-40-,43-35-,44-36-,47-45-,52-48-. The minimum absolute atomic E-state index is 0.0689. The van der Waals surface area contributed by atoms with E-state index in [9.17, 15) is 43.2 Å². The molecule has 106 heavy (non-hydrogen) atoms. The van der Waals surface area contributed by atoms with Crippen molar-refractivity contribution in [1.82, 2.24) is 0 Å². The number of phosphoric ester groups is 2. The smallest absolute Gasteiger partial charge is 0.462 e. The van der Waals surface area contributed by atoms with Crippen LogP contribution in [0.25, 0.3) is 0 Å². The molecule has 0 aliphatic rings. The quantitative estimate of drug-likeness (QED) is 0.0169. The molecule has 5 atom stereocenters. The van der Waals surface area contributed by atoms with E-state index in [2.05, 4.69) is 174 Å². The fourth-order valence-corrected chi connectivity index (χ4v) is 12.1. The third-order valence-corrected chi connectivity index (χ3v) is 18.7. The number of hydrogen-bond acceptors (Lipinski definition) is 15. The maximum atomic E-state index is 13.1. The van der Waals surface area contributed by atoms with Gasteiger partial charge in [0.15, 0.2) is 12.2 Å². The highest BCUT2D eigenvalue weighted by atomic mass is 31.2. The Kier molecular flexibility index (Phi) is 74.3. The molecule has 19 heteroatoms. The Morgan fingerprint density at radius 3 is 0.792 bits per heavy atom. The monoisotopic (exact) mass is 1530 g/mol. The molecule has 0 saturated carbocycles. The van der Waals surface area contributed by atoms with Gasteiger partial charge < -0.3 is 33.8 Å². The van der Waals surface area contributed by atoms with E-state index in [0.717, 1.165) is 186 Å². The first-order chi connectivity index (χ1) is 51.7. The summed E-state index contributed by atoms with van der Waals surface area (Å²) in [5.41, 5.74) is 0. The average Bonchev–Trinajstić information content (AvgIpc) is 0.909. The Balaban J connectivity index is 5.44. The van der Waals surface area contributed by atoms with Crippen molar-refractivity contribution in [2.24, 2.45) is 0 Å². The number of ether oxygens (including phenoxy) is 4. The Hall–Kier alpha value is -5.06. The minimum atomic E-state index is -5.00. The van der Waals surface area contributed by atoms with Crippen molar-refractivity contribution in [2.45, 2.75) is 341 Å². The van der Waals surface area contributed by atoms with Gasteiger partial charge in [0, 0.05) is 25.7 Å². The van der Waals surface area contributed by atoms with Gasteiger partial charge in [-0.2, -0.15) is 0 Å². The number of aliphatic hydroxyl groups excluding tert-OH is 1. The van der Waals surface area contributed by atoms with Gasteiger partial charge in [0.05, 0.1) is 26.4 Å². The Morgan fingerprint density at radius 2 is 0.491 bits per heavy atom. The summed E-state index contributed by atoms with van der Waals surface area (Å²) in [4.78, 5) is 73.1. The molecule has 0 aromatic rings. The summed E-state index contributed by atoms with van der Waals surface area (Å²) in [7, 11) is -9.99. The second-order valence-electron chi connectivity index (χ2n) is 26.9. The Labute approximate surface area is 643 Å². The van der Waals surface area contributed by atoms with Crippen LogP contribution in [0, 0.1) is 0 Å². The number of rotatable bonds is 76. The number of aliphatic hydroxyl groups is 1. The van der Waals surface area contributed by atoms with Crippen LogP contribution in [-0.2, 0) is 65.4 Å². The molecule has 0 fully saturated rings. The molecule has 0 rings (SSSR count). The average molecular weight is 1530 g/mol. The summed E-state index contributed by atoms with van der Waals surface area (Å²) in [6.07, 6.45) is 89.6. The summed E-state index contributed by atoms with van der Waals surface area (Å²) < 4.78 is 68.6. The number of hydrogen-bond donors (Lipinski definition) is 3. The fourth-order valence-electron chi connectivity index (χ4n) is 10.6. The molecular weight excluding hydrogens is 1380 g/mol. The lowest BCUT2D eigenvalue weighted by Gasteiger charge is -2.21. The van der Waals surface area contributed by atoms with E-state index in [-0.39, 0.29) is 25.7 Å². The van der Waals surface area contributed by atoms with Crippen LogP contribution < -0.4 is 0 Å². The van der Waals surface area contributed by atoms with Gasteiger partial charge in [-0.3, -0.25) is 37.3 Å². The first kappa shape index (κ1) is 101. The predicted octanol–water partition coefficient (Wildman–Crippen LogP) is 24.2. The number of carbonyl (C=O) groups is 4. The second-order valence-corrected chi connectivity index (χ2v) is 29.8. The van der Waals surface area contributed by atoms with Gasteiger partial charge in [-0.25, -0.2) is 9.13 Å². The Morgan fingerprint density at radius 1 is 0.274 bits per heavy atom. The van der Waals surface area contributed by atoms with Crippen LogP contribution in [-0.4, -0.2) is 96.7 Å². The zero-order chi connectivity index (χ0) is 77.4. The summed E-state index contributed by atoms with van der Waals surface area (Å²) in [6.45, 7) is 4.54. The van der Waals surface area contributed by atoms with Gasteiger partial charge in [-0.1, -0.05) is 276 Å². The molecular formula is C87H146O17P2. The van der Waals surface area contributed by atoms with Crippen LogP contribution in [0.1, 0.15) is 323 Å². The molecule has 0 radical (unpaired) electrons. The van der Waals surface area contributed by atoms with Crippen molar-refractivity contribution < 1.29 is 80.2 Å². The Bertz CT molecular complexity index is 2580. The van der Waals surface area contributed by atoms with Crippen LogP contribution in [0.3, 0.4) is 0 Å². The van der Waals surface area contributed by atoms with Gasteiger partial charge in [-0.15, -0.1) is 0 Å². The van der Waals surface area contributed by atoms with Crippen LogP contribution in [0.2, 0.25) is 0 Å². The zero-order valence-corrected chi connectivity index (χ0v) is 68.1. The van der Waals surface area contributed by atoms with Crippen molar-refractivity contribution >= 4 is 39.5 Å². The maximum Gasteiger partial charge on any atom is 0.472 e. The van der Waals surface area contributed by atoms with E-state index < -0.39 is 97.5 Å². The molecule has 0 heterocycles. The van der Waals surface area contributed by atoms with Gasteiger partial charge in [-0.05, 0) is 167 Å². The molecule has 606 valence electrons. The summed E-state index contributed by atoms with van der Waals surface area (Å²) in [5, 5.41) is 10.7. The summed E-state index contributed by atoms with van der Waals surface area (Å²) >= 11 is 0. The zero-order valence-electron chi connectivity index (χ0n) is 66.3. The number of esters is 4. The van der Waals surface area contributed by atoms with Crippen LogP contribution in [0.15, 0.2) is 146 Å². The first-order valence-corrected chi connectivity index (χ1v) is 44.1. The van der Waals surface area contributed by atoms with E-state index in [4.69, 9.17) is 37.0 Å². The number of unbranched alkanes of at least 4 members (excludes halogenated alkanes) is 26. The number of allylic oxidation sites excluding steroid dienone is 24. The van der Waals surface area contributed by atoms with E-state index in [1.807, 2.05) is 0 Å². The van der Waals surface area contributed by atoms with E-state index in [1.165, 1.54) is 57.8 Å². The summed E-state index contributed by atoms with van der Waals surface area (Å²) in [6, 6.07) is 0. The molecule has 0 aromatic carbocycles.